The number of rotatable bonds is 4. The molecule has 0 aliphatic heterocycles. The maximum absolute atomic E-state index is 11.7. The summed E-state index contributed by atoms with van der Waals surface area (Å²) in [6.45, 7) is 0.546. The van der Waals surface area contributed by atoms with Gasteiger partial charge in [-0.2, -0.15) is 17.7 Å². The van der Waals surface area contributed by atoms with Crippen LogP contribution in [-0.2, 0) is 0 Å². The van der Waals surface area contributed by atoms with Crippen molar-refractivity contribution < 1.29 is 4.79 Å². The highest BCUT2D eigenvalue weighted by molar-refractivity contribution is 9.10. The van der Waals surface area contributed by atoms with Gasteiger partial charge in [-0.05, 0) is 18.2 Å². The molecule has 1 aromatic heterocycles. The zero-order chi connectivity index (χ0) is 13.0. The number of thiol groups is 1. The van der Waals surface area contributed by atoms with E-state index in [0.29, 0.717) is 17.9 Å². The predicted molar refractivity (Wildman–Crippen MR) is 77.5 cm³/mol. The number of nitrogens with zero attached hydrogens (tertiary/aromatic N) is 2. The van der Waals surface area contributed by atoms with Gasteiger partial charge in [0.1, 0.15) is 0 Å². The molecule has 0 radical (unpaired) electrons. The zero-order valence-corrected chi connectivity index (χ0v) is 12.0. The Morgan fingerprint density at radius 3 is 3.06 bits per heavy atom. The molecule has 1 amide bonds. The summed E-state index contributed by atoms with van der Waals surface area (Å²) in [6.07, 6.45) is 3.25. The Morgan fingerprint density at radius 2 is 2.33 bits per heavy atom. The molecular formula is C12H12BrN3OS. The maximum Gasteiger partial charge on any atom is 0.254 e. The number of halogens is 1. The number of hydrogen-bond donors (Lipinski definition) is 2. The summed E-state index contributed by atoms with van der Waals surface area (Å²) in [5.74, 6) is 0.483. The molecular weight excluding hydrogens is 314 g/mol. The summed E-state index contributed by atoms with van der Waals surface area (Å²) in [4.78, 5) is 11.7. The molecule has 1 N–H and O–H groups in total. The molecule has 1 heterocycles. The van der Waals surface area contributed by atoms with Gasteiger partial charge in [0.25, 0.3) is 5.91 Å². The van der Waals surface area contributed by atoms with Crippen molar-refractivity contribution >= 4 is 34.5 Å². The van der Waals surface area contributed by atoms with Crippen molar-refractivity contribution in [3.05, 3.63) is 46.7 Å². The van der Waals surface area contributed by atoms with Gasteiger partial charge in [0, 0.05) is 23.0 Å². The van der Waals surface area contributed by atoms with Crippen molar-refractivity contribution in [2.24, 2.45) is 0 Å². The Balaban J connectivity index is 2.17. The lowest BCUT2D eigenvalue weighted by atomic mass is 10.3. The summed E-state index contributed by atoms with van der Waals surface area (Å²) < 4.78 is 2.64. The predicted octanol–water partition coefficient (Wildman–Crippen LogP) is 2.29. The number of nitrogens with one attached hydrogen (secondary N) is 1. The monoisotopic (exact) mass is 325 g/mol. The lowest BCUT2D eigenvalue weighted by molar-refractivity contribution is 0.0956. The third kappa shape index (κ3) is 3.14. The van der Waals surface area contributed by atoms with E-state index in [4.69, 9.17) is 0 Å². The van der Waals surface area contributed by atoms with Gasteiger partial charge >= 0.3 is 0 Å². The van der Waals surface area contributed by atoms with Crippen LogP contribution in [0.5, 0.6) is 0 Å². The Labute approximate surface area is 119 Å². The molecule has 0 atom stereocenters. The molecule has 1 aromatic carbocycles. The molecule has 0 bridgehead atoms. The van der Waals surface area contributed by atoms with E-state index in [2.05, 4.69) is 39.0 Å². The second-order valence-electron chi connectivity index (χ2n) is 3.63. The minimum Gasteiger partial charge on any atom is -0.351 e. The number of benzene rings is 1. The van der Waals surface area contributed by atoms with Gasteiger partial charge in [-0.1, -0.05) is 22.0 Å². The summed E-state index contributed by atoms with van der Waals surface area (Å²) in [6, 6.07) is 7.71. The average Bonchev–Trinajstić information content (AvgIpc) is 2.85. The molecule has 6 heteroatoms. The van der Waals surface area contributed by atoms with Crippen LogP contribution in [0, 0.1) is 0 Å². The van der Waals surface area contributed by atoms with E-state index in [1.54, 1.807) is 17.1 Å². The number of amides is 1. The van der Waals surface area contributed by atoms with Crippen LogP contribution in [0.3, 0.4) is 0 Å². The molecule has 4 nitrogen and oxygen atoms in total. The Kier molecular flexibility index (Phi) is 4.43. The van der Waals surface area contributed by atoms with Crippen LogP contribution in [0.2, 0.25) is 0 Å². The van der Waals surface area contributed by atoms with Crippen LogP contribution in [0.1, 0.15) is 10.4 Å². The fourth-order valence-corrected chi connectivity index (χ4v) is 1.97. The van der Waals surface area contributed by atoms with Gasteiger partial charge in [0.2, 0.25) is 0 Å². The highest BCUT2D eigenvalue weighted by Gasteiger charge is 2.08. The number of aromatic nitrogens is 2. The van der Waals surface area contributed by atoms with Crippen LogP contribution in [0.25, 0.3) is 5.69 Å². The van der Waals surface area contributed by atoms with E-state index in [-0.39, 0.29) is 5.91 Å². The first-order chi connectivity index (χ1) is 8.70. The number of hydrogen-bond acceptors (Lipinski definition) is 3. The van der Waals surface area contributed by atoms with Crippen LogP contribution >= 0.6 is 28.6 Å². The molecule has 0 fully saturated rings. The van der Waals surface area contributed by atoms with Gasteiger partial charge in [-0.3, -0.25) is 4.79 Å². The normalized spacial score (nSPS) is 10.3. The summed E-state index contributed by atoms with van der Waals surface area (Å²) >= 11 is 7.44. The fraction of sp³-hybridized carbons (Fsp3) is 0.167. The average molecular weight is 326 g/mol. The zero-order valence-electron chi connectivity index (χ0n) is 9.51. The van der Waals surface area contributed by atoms with E-state index in [0.717, 1.165) is 10.2 Å². The molecule has 0 unspecified atom stereocenters. The summed E-state index contributed by atoms with van der Waals surface area (Å²) in [5, 5.41) is 6.92. The highest BCUT2D eigenvalue weighted by Crippen LogP contribution is 2.15. The molecule has 0 aliphatic carbocycles. The van der Waals surface area contributed by atoms with Crippen molar-refractivity contribution in [1.82, 2.24) is 15.1 Å². The van der Waals surface area contributed by atoms with Crippen LogP contribution in [0.4, 0.5) is 0 Å². The van der Waals surface area contributed by atoms with Gasteiger partial charge in [-0.15, -0.1) is 0 Å². The molecule has 0 spiro atoms. The lowest BCUT2D eigenvalue weighted by Gasteiger charge is -2.01. The quantitative estimate of drug-likeness (QED) is 0.847. The SMILES string of the molecule is O=C(NCCS)c1cnn(-c2cccc(Br)c2)c1. The number of carbonyl (C=O) groups excluding carboxylic acids is 1. The highest BCUT2D eigenvalue weighted by atomic mass is 79.9. The fourth-order valence-electron chi connectivity index (χ4n) is 1.47. The second kappa shape index (κ2) is 6.06. The second-order valence-corrected chi connectivity index (χ2v) is 5.00. The van der Waals surface area contributed by atoms with Crippen LogP contribution in [0.15, 0.2) is 41.1 Å². The number of carbonyl (C=O) groups is 1. The molecule has 0 aliphatic rings. The maximum atomic E-state index is 11.7. The van der Waals surface area contributed by atoms with Crippen molar-refractivity contribution in [2.45, 2.75) is 0 Å². The van der Waals surface area contributed by atoms with Crippen molar-refractivity contribution in [2.75, 3.05) is 12.3 Å². The third-order valence-corrected chi connectivity index (χ3v) is 3.03. The van der Waals surface area contributed by atoms with Gasteiger partial charge in [-0.25, -0.2) is 4.68 Å². The van der Waals surface area contributed by atoms with Gasteiger partial charge < -0.3 is 5.32 Å². The van der Waals surface area contributed by atoms with Gasteiger partial charge in [0.15, 0.2) is 0 Å². The van der Waals surface area contributed by atoms with E-state index in [9.17, 15) is 4.79 Å². The molecule has 2 aromatic rings. The first-order valence-corrected chi connectivity index (χ1v) is 6.83. The smallest absolute Gasteiger partial charge is 0.254 e. The minimum absolute atomic E-state index is 0.134. The van der Waals surface area contributed by atoms with Gasteiger partial charge in [0.05, 0.1) is 17.4 Å². The summed E-state index contributed by atoms with van der Waals surface area (Å²) in [7, 11) is 0. The van der Waals surface area contributed by atoms with Crippen molar-refractivity contribution in [3.63, 3.8) is 0 Å². The van der Waals surface area contributed by atoms with E-state index < -0.39 is 0 Å². The van der Waals surface area contributed by atoms with E-state index in [1.165, 1.54) is 0 Å². The third-order valence-electron chi connectivity index (χ3n) is 2.31. The first-order valence-electron chi connectivity index (χ1n) is 5.40. The van der Waals surface area contributed by atoms with Crippen LogP contribution < -0.4 is 5.32 Å². The lowest BCUT2D eigenvalue weighted by Crippen LogP contribution is -2.24. The summed E-state index contributed by atoms with van der Waals surface area (Å²) in [5.41, 5.74) is 1.44. The molecule has 18 heavy (non-hydrogen) atoms. The first kappa shape index (κ1) is 13.2. The van der Waals surface area contributed by atoms with Crippen LogP contribution in [-0.4, -0.2) is 28.0 Å². The van der Waals surface area contributed by atoms with E-state index >= 15 is 0 Å². The van der Waals surface area contributed by atoms with Crippen molar-refractivity contribution in [3.8, 4) is 5.69 Å². The Hall–Kier alpha value is -1.27. The largest absolute Gasteiger partial charge is 0.351 e. The molecule has 0 saturated heterocycles. The Bertz CT molecular complexity index is 556. The standard InChI is InChI=1S/C12H12BrN3OS/c13-10-2-1-3-11(6-10)16-8-9(7-15-16)12(17)14-4-5-18/h1-3,6-8,18H,4-5H2,(H,14,17). The minimum atomic E-state index is -0.134. The van der Waals surface area contributed by atoms with E-state index in [1.807, 2.05) is 24.3 Å². The Morgan fingerprint density at radius 1 is 1.50 bits per heavy atom. The molecule has 0 saturated carbocycles. The molecule has 2 rings (SSSR count). The molecule has 94 valence electrons. The van der Waals surface area contributed by atoms with Crippen molar-refractivity contribution in [1.29, 1.82) is 0 Å². The topological polar surface area (TPSA) is 46.9 Å².